The van der Waals surface area contributed by atoms with Gasteiger partial charge in [-0.1, -0.05) is 213 Å². The van der Waals surface area contributed by atoms with E-state index in [2.05, 4.69) is 89.0 Å². The van der Waals surface area contributed by atoms with Gasteiger partial charge in [0.1, 0.15) is 77.3 Å². The largest absolute Gasteiger partial charge is 0.497 e. The van der Waals surface area contributed by atoms with Crippen molar-refractivity contribution >= 4 is 52.1 Å². The summed E-state index contributed by atoms with van der Waals surface area (Å²) in [7, 11) is 1.61. The number of allylic oxidation sites excluding steroid dienone is 15. The molecule has 0 spiro atoms. The van der Waals surface area contributed by atoms with Gasteiger partial charge in [0.2, 0.25) is 0 Å². The van der Waals surface area contributed by atoms with Gasteiger partial charge in [0.15, 0.2) is 0 Å². The van der Waals surface area contributed by atoms with Crippen LogP contribution >= 0.6 is 23.2 Å². The SMILES string of the molecule is C.C#CC[C@@H](O)/C=C/C=C/C#CCCCCC(C)=O.C#CC[C@@H](O)/C=C/C=C/[C@@H]1C[C@@H]1[C@@H](O)CCCC(C)=O.CC(=O)CC(C)(C)C[C@H](O)C#C/C=C/C=C/[C@H](O)COc1ccc(F)cc1.CC(=O)CCC[C@H](O)C#C/C=C/C=C/[C@H](O)CC#Cc1ccc(Cl)c(Cl)c1.COc1ccc(C#CC[C@@H](O)/C=C/C=C/C#C[C@@H](O)CCCC(C)=O)cc1. The summed E-state index contributed by atoms with van der Waals surface area (Å²) in [5, 5.41) is 88.2. The fraction of sp³-hybridized carbons (Fsp3) is 0.416. The number of Topliss-reactive ketones (excluding diaryl/α,β-unsaturated/α-hetero) is 5. The molecule has 16 nitrogen and oxygen atoms in total. The minimum Gasteiger partial charge on any atom is -0.497 e. The second kappa shape index (κ2) is 71.5. The molecule has 1 aliphatic carbocycles. The minimum atomic E-state index is -0.814. The Labute approximate surface area is 724 Å². The maximum absolute atomic E-state index is 12.8. The summed E-state index contributed by atoms with van der Waals surface area (Å²) in [5.41, 5.74) is 1.31. The molecule has 1 fully saturated rings. The van der Waals surface area contributed by atoms with Crippen LogP contribution in [0.1, 0.15) is 195 Å². The molecule has 0 bridgehead atoms. The fourth-order valence-corrected chi connectivity index (χ4v) is 10.3. The van der Waals surface area contributed by atoms with Crippen LogP contribution in [-0.2, 0) is 24.0 Å². The third kappa shape index (κ3) is 69.6. The Kier molecular flexibility index (Phi) is 66.6. The number of carbonyl (C=O) groups excluding carboxylic acids is 5. The van der Waals surface area contributed by atoms with E-state index in [1.807, 2.05) is 44.2 Å². The number of methoxy groups -OCH3 is 1. The molecule has 1 saturated carbocycles. The lowest BCUT2D eigenvalue weighted by molar-refractivity contribution is -0.119. The third-order valence-electron chi connectivity index (χ3n) is 16.1. The number of carbonyl (C=O) groups is 5. The Bertz CT molecular complexity index is 4320. The van der Waals surface area contributed by atoms with Gasteiger partial charge < -0.3 is 79.4 Å². The van der Waals surface area contributed by atoms with E-state index >= 15 is 0 Å². The monoisotopic (exact) mass is 1680 g/mol. The number of ketones is 5. The van der Waals surface area contributed by atoms with Crippen molar-refractivity contribution in [3.05, 3.63) is 215 Å². The third-order valence-corrected chi connectivity index (χ3v) is 16.9. The molecule has 0 saturated heterocycles. The number of aliphatic hydroxyl groups excluding tert-OH is 9. The molecule has 0 unspecified atom stereocenters. The van der Waals surface area contributed by atoms with Gasteiger partial charge in [-0.25, -0.2) is 4.39 Å². The summed E-state index contributed by atoms with van der Waals surface area (Å²) in [6.45, 7) is 11.7. The number of hydrogen-bond acceptors (Lipinski definition) is 16. The zero-order valence-corrected chi connectivity index (χ0v) is 71.3. The minimum absolute atomic E-state index is 0. The molecule has 120 heavy (non-hydrogen) atoms. The van der Waals surface area contributed by atoms with Crippen LogP contribution in [0.2, 0.25) is 10.0 Å². The summed E-state index contributed by atoms with van der Waals surface area (Å²) in [6, 6.07) is 18.1. The molecule has 644 valence electrons. The Morgan fingerprint density at radius 2 is 0.908 bits per heavy atom. The quantitative estimate of drug-likeness (QED) is 0.0145. The highest BCUT2D eigenvalue weighted by Gasteiger charge is 2.40. The zero-order valence-electron chi connectivity index (χ0n) is 69.8. The summed E-state index contributed by atoms with van der Waals surface area (Å²) >= 11 is 11.8. The molecule has 19 heteroatoms. The fourth-order valence-electron chi connectivity index (χ4n) is 10.0. The first-order valence-electron chi connectivity index (χ1n) is 39.4. The number of unbranched alkanes of at least 4 members (excludes halogenated alkanes) is 2. The molecular weight excluding hydrogens is 1560 g/mol. The first-order chi connectivity index (χ1) is 56.8. The molecule has 3 aromatic carbocycles. The van der Waals surface area contributed by atoms with Crippen LogP contribution in [0.5, 0.6) is 11.5 Å². The maximum atomic E-state index is 12.8. The van der Waals surface area contributed by atoms with Gasteiger partial charge in [-0.3, -0.25) is 0 Å². The van der Waals surface area contributed by atoms with Gasteiger partial charge in [-0.15, -0.1) is 24.7 Å². The standard InChI is InChI=1S/C23H26O4.C22H22Cl2O3.C22H27FO4.C17H24O3.C16H20O2.CH4/c1-19(24)9-7-13-21(25)11-5-3-4-6-12-22(26)14-8-10-20-15-17-23(27-2)18-16-20;1-17(25)8-6-12-19(26)10-4-2-3-5-11-20(27)13-7-9-18-14-15-21(23)22(24)16-18;1-17(24)14-22(2,3)15-19(25)8-6-4-5-7-9-20(26)16-27-21-12-10-18(23)11-13-21;1-3-7-15(19)10-5-4-9-14-12-16(14)17(20)11-6-8-13(2)18;1-3-12-16(18)14-11-9-7-5-4-6-8-10-13-15(2)17;/h3-4,6,12,15-18,21-22,25-26H,7,9,13-14H2,1-2H3;2-3,5,11,14-16,19-20,26-27H,6,8,12-13H2,1H3;4-5,7,9-13,19-20,25-26H,14-16H2,1-3H3;1,4-5,9-10,14-17,19-20H,6-8,11-12H2,2H3;1,7,9,11,14,16,18H,6,8,10,12-13H2,2H3;1H4/b4-3+,12-6+;3-2+,11-5+;5-4+,9-7+;9-4+,10-5+;9-7+,14-11+;/t21-,22+;2*19-,20+;14-,15-,16+,17+;16-;/m11111./s1. The predicted octanol–water partition coefficient (Wildman–Crippen LogP) is 16.3. The van der Waals surface area contributed by atoms with E-state index in [1.54, 1.807) is 142 Å². The highest BCUT2D eigenvalue weighted by Crippen LogP contribution is 2.43. The molecule has 11 atom stereocenters. The summed E-state index contributed by atoms with van der Waals surface area (Å²) < 4.78 is 23.2. The van der Waals surface area contributed by atoms with Gasteiger partial charge in [-0.05, 0) is 207 Å². The van der Waals surface area contributed by atoms with Crippen LogP contribution in [0.3, 0.4) is 0 Å². The smallest absolute Gasteiger partial charge is 0.130 e. The van der Waals surface area contributed by atoms with E-state index in [1.165, 1.54) is 51.1 Å². The van der Waals surface area contributed by atoms with Crippen LogP contribution in [-0.4, -0.2) is 144 Å². The molecule has 0 heterocycles. The molecule has 9 N–H and O–H groups in total. The van der Waals surface area contributed by atoms with Crippen LogP contribution in [0.25, 0.3) is 0 Å². The van der Waals surface area contributed by atoms with Gasteiger partial charge in [0, 0.05) is 75.3 Å². The number of aliphatic hydroxyl groups is 9. The average molecular weight is 1680 g/mol. The second-order valence-corrected chi connectivity index (χ2v) is 29.2. The van der Waals surface area contributed by atoms with E-state index in [4.69, 9.17) is 45.5 Å². The van der Waals surface area contributed by atoms with Crippen LogP contribution < -0.4 is 9.47 Å². The highest BCUT2D eigenvalue weighted by molar-refractivity contribution is 6.42. The Hall–Kier alpha value is -10.4. The van der Waals surface area contributed by atoms with Crippen LogP contribution in [0, 0.1) is 119 Å². The lowest BCUT2D eigenvalue weighted by Gasteiger charge is -2.23. The number of hydrogen-bond donors (Lipinski definition) is 9. The van der Waals surface area contributed by atoms with Gasteiger partial charge in [-0.2, -0.15) is 0 Å². The van der Waals surface area contributed by atoms with Crippen molar-refractivity contribution < 1.29 is 83.8 Å². The van der Waals surface area contributed by atoms with Crippen molar-refractivity contribution in [3.8, 4) is 107 Å². The van der Waals surface area contributed by atoms with Crippen LogP contribution in [0.15, 0.2) is 188 Å². The van der Waals surface area contributed by atoms with E-state index in [0.29, 0.717) is 118 Å². The van der Waals surface area contributed by atoms with Crippen molar-refractivity contribution in [3.63, 3.8) is 0 Å². The normalized spacial score (nSPS) is 14.8. The van der Waals surface area contributed by atoms with Gasteiger partial charge >= 0.3 is 0 Å². The Balaban J connectivity index is 0. The van der Waals surface area contributed by atoms with Crippen molar-refractivity contribution in [2.24, 2.45) is 17.3 Å². The summed E-state index contributed by atoms with van der Waals surface area (Å²) in [6.07, 6.45) is 49.6. The molecule has 0 aromatic heterocycles. The number of halogens is 3. The van der Waals surface area contributed by atoms with Gasteiger partial charge in [0.05, 0.1) is 47.7 Å². The Morgan fingerprint density at radius 1 is 0.492 bits per heavy atom. The number of benzene rings is 3. The predicted molar refractivity (Wildman–Crippen MR) is 483 cm³/mol. The highest BCUT2D eigenvalue weighted by atomic mass is 35.5. The molecule has 3 aromatic rings. The van der Waals surface area contributed by atoms with Crippen molar-refractivity contribution in [2.75, 3.05) is 13.7 Å². The lowest BCUT2D eigenvalue weighted by Crippen LogP contribution is -2.22. The molecule has 4 rings (SSSR count). The maximum Gasteiger partial charge on any atom is 0.130 e. The Morgan fingerprint density at radius 3 is 1.37 bits per heavy atom. The first-order valence-corrected chi connectivity index (χ1v) is 40.2. The van der Waals surface area contributed by atoms with Gasteiger partial charge in [0.25, 0.3) is 0 Å². The average Bonchev–Trinajstić information content (AvgIpc) is 1.68. The second-order valence-electron chi connectivity index (χ2n) is 28.3. The molecule has 0 aliphatic heterocycles. The van der Waals surface area contributed by atoms with Crippen molar-refractivity contribution in [1.82, 2.24) is 0 Å². The molecule has 0 radical (unpaired) electrons. The first kappa shape index (κ1) is 112. The van der Waals surface area contributed by atoms with E-state index in [-0.39, 0.29) is 66.7 Å². The van der Waals surface area contributed by atoms with E-state index in [9.17, 15) is 74.3 Å². The summed E-state index contributed by atoms with van der Waals surface area (Å²) in [4.78, 5) is 54.3. The molecule has 1 aliphatic rings. The van der Waals surface area contributed by atoms with Crippen LogP contribution in [0.4, 0.5) is 4.39 Å². The topological polar surface area (TPSA) is 286 Å². The summed E-state index contributed by atoms with van der Waals surface area (Å²) in [5.74, 6) is 41.0. The molecule has 0 amide bonds. The lowest BCUT2D eigenvalue weighted by atomic mass is 9.82. The number of ether oxygens (including phenoxy) is 2. The van der Waals surface area contributed by atoms with E-state index in [0.717, 1.165) is 49.0 Å². The zero-order chi connectivity index (χ0) is 88.9. The van der Waals surface area contributed by atoms with Crippen molar-refractivity contribution in [2.45, 2.75) is 239 Å². The number of terminal acetylenes is 2. The number of rotatable bonds is 40. The van der Waals surface area contributed by atoms with E-state index < -0.39 is 48.8 Å². The van der Waals surface area contributed by atoms with Crippen molar-refractivity contribution in [1.29, 1.82) is 0 Å². The molecular formula is C101H123Cl2FO16.